The normalized spacial score (nSPS) is 10.6. The smallest absolute Gasteiger partial charge is 0.0213 e. The second kappa shape index (κ2) is 7.97. The van der Waals surface area contributed by atoms with Gasteiger partial charge in [0, 0.05) is 6.54 Å². The maximum absolute atomic E-state index is 5.42. The zero-order valence-corrected chi connectivity index (χ0v) is 9.48. The third-order valence-electron chi connectivity index (χ3n) is 2.22. The first-order valence-corrected chi connectivity index (χ1v) is 6.29. The minimum atomic E-state index is 0.836. The van der Waals surface area contributed by atoms with E-state index in [1.54, 1.807) is 11.3 Å². The molecule has 0 saturated carbocycles. The third kappa shape index (κ3) is 5.37. The van der Waals surface area contributed by atoms with Crippen molar-refractivity contribution in [2.24, 2.45) is 5.73 Å². The number of hydrogen-bond acceptors (Lipinski definition) is 3. The summed E-state index contributed by atoms with van der Waals surface area (Å²) in [6, 6.07) is 2.17. The van der Waals surface area contributed by atoms with Crippen LogP contribution in [0.25, 0.3) is 0 Å². The molecule has 0 atom stereocenters. The molecule has 0 fully saturated rings. The molecule has 0 aliphatic heterocycles. The largest absolute Gasteiger partial charge is 0.330 e. The van der Waals surface area contributed by atoms with Crippen LogP contribution in [-0.4, -0.2) is 13.1 Å². The van der Waals surface area contributed by atoms with Crippen molar-refractivity contribution >= 4 is 11.3 Å². The molecule has 3 heteroatoms. The lowest BCUT2D eigenvalue weighted by Crippen LogP contribution is -2.14. The Kier molecular flexibility index (Phi) is 6.66. The summed E-state index contributed by atoms with van der Waals surface area (Å²) in [6.45, 7) is 2.98. The molecule has 1 aromatic rings. The van der Waals surface area contributed by atoms with E-state index >= 15 is 0 Å². The fraction of sp³-hybridized carbons (Fsp3) is 0.636. The molecular formula is C11H20N2S. The molecule has 1 rings (SSSR count). The predicted molar refractivity (Wildman–Crippen MR) is 63.5 cm³/mol. The Hall–Kier alpha value is -0.380. The van der Waals surface area contributed by atoms with Crippen LogP contribution in [0.5, 0.6) is 0 Å². The second-order valence-electron chi connectivity index (χ2n) is 3.51. The molecule has 0 bridgehead atoms. The van der Waals surface area contributed by atoms with Gasteiger partial charge in [0.1, 0.15) is 0 Å². The number of thiophene rings is 1. The van der Waals surface area contributed by atoms with Crippen LogP contribution >= 0.6 is 11.3 Å². The maximum atomic E-state index is 5.42. The van der Waals surface area contributed by atoms with Gasteiger partial charge >= 0.3 is 0 Å². The number of rotatable bonds is 8. The van der Waals surface area contributed by atoms with Gasteiger partial charge in [0.05, 0.1) is 0 Å². The predicted octanol–water partition coefficient (Wildman–Crippen LogP) is 2.36. The molecule has 0 saturated heterocycles. The summed E-state index contributed by atoms with van der Waals surface area (Å²) in [5, 5.41) is 7.76. The second-order valence-corrected chi connectivity index (χ2v) is 4.29. The van der Waals surface area contributed by atoms with E-state index in [2.05, 4.69) is 22.1 Å². The van der Waals surface area contributed by atoms with Crippen molar-refractivity contribution in [3.05, 3.63) is 22.4 Å². The van der Waals surface area contributed by atoms with Gasteiger partial charge in [0.15, 0.2) is 0 Å². The van der Waals surface area contributed by atoms with Crippen LogP contribution in [0, 0.1) is 0 Å². The molecule has 1 heterocycles. The summed E-state index contributed by atoms with van der Waals surface area (Å²) >= 11 is 1.76. The Labute approximate surface area is 90.5 Å². The summed E-state index contributed by atoms with van der Waals surface area (Å²) in [5.41, 5.74) is 6.82. The molecule has 0 aromatic carbocycles. The summed E-state index contributed by atoms with van der Waals surface area (Å²) in [5.74, 6) is 0. The average molecular weight is 212 g/mol. The summed E-state index contributed by atoms with van der Waals surface area (Å²) in [6.07, 6.45) is 5.01. The van der Waals surface area contributed by atoms with E-state index in [9.17, 15) is 0 Å². The van der Waals surface area contributed by atoms with Crippen molar-refractivity contribution in [3.8, 4) is 0 Å². The first-order chi connectivity index (χ1) is 6.93. The van der Waals surface area contributed by atoms with E-state index in [0.717, 1.165) is 19.6 Å². The van der Waals surface area contributed by atoms with Gasteiger partial charge in [-0.05, 0) is 48.3 Å². The van der Waals surface area contributed by atoms with Gasteiger partial charge in [-0.25, -0.2) is 0 Å². The molecule has 80 valence electrons. The lowest BCUT2D eigenvalue weighted by molar-refractivity contribution is 0.591. The van der Waals surface area contributed by atoms with Gasteiger partial charge in [-0.15, -0.1) is 0 Å². The Bertz CT molecular complexity index is 209. The van der Waals surface area contributed by atoms with Crippen molar-refractivity contribution in [1.82, 2.24) is 5.32 Å². The number of nitrogens with two attached hydrogens (primary N) is 1. The fourth-order valence-corrected chi connectivity index (χ4v) is 2.04. The van der Waals surface area contributed by atoms with E-state index in [-0.39, 0.29) is 0 Å². The molecule has 0 spiro atoms. The molecule has 14 heavy (non-hydrogen) atoms. The Morgan fingerprint density at radius 3 is 2.79 bits per heavy atom. The number of hydrogen-bond donors (Lipinski definition) is 2. The number of unbranched alkanes of at least 4 members (excludes halogenated alkanes) is 3. The van der Waals surface area contributed by atoms with Gasteiger partial charge in [0.2, 0.25) is 0 Å². The molecule has 0 amide bonds. The Balaban J connectivity index is 1.85. The quantitative estimate of drug-likeness (QED) is 0.649. The molecule has 1 aromatic heterocycles. The third-order valence-corrected chi connectivity index (χ3v) is 2.95. The number of nitrogens with one attached hydrogen (secondary N) is 1. The van der Waals surface area contributed by atoms with Gasteiger partial charge in [0.25, 0.3) is 0 Å². The first kappa shape index (κ1) is 11.7. The lowest BCUT2D eigenvalue weighted by atomic mass is 10.2. The summed E-state index contributed by atoms with van der Waals surface area (Å²) in [7, 11) is 0. The van der Waals surface area contributed by atoms with Gasteiger partial charge < -0.3 is 11.1 Å². The molecule has 0 unspecified atom stereocenters. The highest BCUT2D eigenvalue weighted by Gasteiger charge is 1.92. The van der Waals surface area contributed by atoms with E-state index in [0.29, 0.717) is 0 Å². The van der Waals surface area contributed by atoms with Crippen LogP contribution in [0.1, 0.15) is 31.2 Å². The van der Waals surface area contributed by atoms with E-state index < -0.39 is 0 Å². The van der Waals surface area contributed by atoms with Gasteiger partial charge in [-0.1, -0.05) is 12.8 Å². The van der Waals surface area contributed by atoms with Crippen LogP contribution in [0.3, 0.4) is 0 Å². The topological polar surface area (TPSA) is 38.0 Å². The summed E-state index contributed by atoms with van der Waals surface area (Å²) in [4.78, 5) is 0. The van der Waals surface area contributed by atoms with E-state index in [1.165, 1.54) is 31.2 Å². The monoisotopic (exact) mass is 212 g/mol. The fourth-order valence-electron chi connectivity index (χ4n) is 1.37. The van der Waals surface area contributed by atoms with Crippen LogP contribution in [0.15, 0.2) is 16.8 Å². The maximum Gasteiger partial charge on any atom is 0.0213 e. The molecule has 0 aliphatic rings. The highest BCUT2D eigenvalue weighted by molar-refractivity contribution is 7.07. The standard InChI is InChI=1S/C11H20N2S/c12-6-3-1-2-4-7-13-9-11-5-8-14-10-11/h5,8,10,13H,1-4,6-7,9,12H2. The van der Waals surface area contributed by atoms with Gasteiger partial charge in [-0.3, -0.25) is 0 Å². The van der Waals surface area contributed by atoms with Crippen LogP contribution in [0.2, 0.25) is 0 Å². The van der Waals surface area contributed by atoms with Crippen molar-refractivity contribution in [2.45, 2.75) is 32.2 Å². The molecule has 2 nitrogen and oxygen atoms in total. The van der Waals surface area contributed by atoms with Crippen LogP contribution in [-0.2, 0) is 6.54 Å². The average Bonchev–Trinajstić information content (AvgIpc) is 2.69. The molecule has 0 radical (unpaired) electrons. The summed E-state index contributed by atoms with van der Waals surface area (Å²) < 4.78 is 0. The van der Waals surface area contributed by atoms with Crippen LogP contribution in [0.4, 0.5) is 0 Å². The first-order valence-electron chi connectivity index (χ1n) is 5.35. The minimum Gasteiger partial charge on any atom is -0.330 e. The van der Waals surface area contributed by atoms with Crippen molar-refractivity contribution in [2.75, 3.05) is 13.1 Å². The molecule has 3 N–H and O–H groups in total. The highest BCUT2D eigenvalue weighted by Crippen LogP contribution is 2.05. The van der Waals surface area contributed by atoms with E-state index in [4.69, 9.17) is 5.73 Å². The Morgan fingerprint density at radius 2 is 2.07 bits per heavy atom. The minimum absolute atomic E-state index is 0.836. The zero-order chi connectivity index (χ0) is 10.1. The zero-order valence-electron chi connectivity index (χ0n) is 8.67. The van der Waals surface area contributed by atoms with Crippen molar-refractivity contribution in [3.63, 3.8) is 0 Å². The van der Waals surface area contributed by atoms with Gasteiger partial charge in [-0.2, -0.15) is 11.3 Å². The Morgan fingerprint density at radius 1 is 1.21 bits per heavy atom. The molecular weight excluding hydrogens is 192 g/mol. The highest BCUT2D eigenvalue weighted by atomic mass is 32.1. The van der Waals surface area contributed by atoms with Crippen LogP contribution < -0.4 is 11.1 Å². The lowest BCUT2D eigenvalue weighted by Gasteiger charge is -2.02. The van der Waals surface area contributed by atoms with Crippen molar-refractivity contribution in [1.29, 1.82) is 0 Å². The molecule has 0 aliphatic carbocycles. The SMILES string of the molecule is NCCCCCCNCc1ccsc1. The van der Waals surface area contributed by atoms with E-state index in [1.807, 2.05) is 0 Å². The van der Waals surface area contributed by atoms with Crippen molar-refractivity contribution < 1.29 is 0 Å².